The molecule has 60 heavy (non-hydrogen) atoms. The van der Waals surface area contributed by atoms with Gasteiger partial charge < -0.3 is 9.13 Å². The van der Waals surface area contributed by atoms with E-state index in [1.165, 1.54) is 0 Å². The lowest BCUT2D eigenvalue weighted by atomic mass is 9.98. The SMILES string of the molecule is [C-]#[N+]c1cc([N+]#[C-])cc(-c2ccc3c(c2)c2ccccc2n3-c2ccc(C#N)cc2-c2ccncc2-n2c3ccccc3c3cc(-c4cc(C#N)cc(C#N)c4)ccc32)c1. The number of fused-ring (bicyclic) bond motifs is 6. The number of hydrogen-bond donors (Lipinski definition) is 0. The van der Waals surface area contributed by atoms with Crippen molar-refractivity contribution in [2.24, 2.45) is 0 Å². The summed E-state index contributed by atoms with van der Waals surface area (Å²) >= 11 is 0. The van der Waals surface area contributed by atoms with E-state index in [-0.39, 0.29) is 0 Å². The van der Waals surface area contributed by atoms with E-state index in [1.807, 2.05) is 79.0 Å². The molecule has 3 aromatic heterocycles. The Morgan fingerprint density at radius 1 is 0.433 bits per heavy atom. The topological polar surface area (TPSA) is 103 Å². The highest BCUT2D eigenvalue weighted by Crippen LogP contribution is 2.43. The predicted molar refractivity (Wildman–Crippen MR) is 236 cm³/mol. The van der Waals surface area contributed by atoms with Crippen LogP contribution in [0.25, 0.3) is 98.1 Å². The maximum Gasteiger partial charge on any atom is 0.177 e. The van der Waals surface area contributed by atoms with E-state index < -0.39 is 0 Å². The van der Waals surface area contributed by atoms with Gasteiger partial charge >= 0.3 is 0 Å². The van der Waals surface area contributed by atoms with Crippen molar-refractivity contribution in [2.45, 2.75) is 0 Å². The molecular weight excluding hydrogens is 737 g/mol. The second-order valence-electron chi connectivity index (χ2n) is 14.4. The van der Waals surface area contributed by atoms with Crippen molar-refractivity contribution in [3.8, 4) is 63.0 Å². The second kappa shape index (κ2) is 14.0. The Morgan fingerprint density at radius 3 is 1.53 bits per heavy atom. The summed E-state index contributed by atoms with van der Waals surface area (Å²) < 4.78 is 4.44. The Hall–Kier alpha value is -9.26. The second-order valence-corrected chi connectivity index (χ2v) is 14.4. The minimum atomic E-state index is 0.416. The van der Waals surface area contributed by atoms with E-state index in [4.69, 9.17) is 13.1 Å². The van der Waals surface area contributed by atoms with Crippen molar-refractivity contribution in [2.75, 3.05) is 0 Å². The molecule has 8 nitrogen and oxygen atoms in total. The highest BCUT2D eigenvalue weighted by molar-refractivity contribution is 6.13. The minimum Gasteiger partial charge on any atom is -0.309 e. The number of nitriles is 3. The zero-order valence-electron chi connectivity index (χ0n) is 31.6. The number of rotatable bonds is 5. The fraction of sp³-hybridized carbons (Fsp3) is 0. The van der Waals surface area contributed by atoms with E-state index in [9.17, 15) is 15.8 Å². The summed E-state index contributed by atoms with van der Waals surface area (Å²) in [6, 6.07) is 53.8. The van der Waals surface area contributed by atoms with Gasteiger partial charge in [0.2, 0.25) is 0 Å². The lowest BCUT2D eigenvalue weighted by Gasteiger charge is -2.18. The van der Waals surface area contributed by atoms with E-state index in [2.05, 4.69) is 90.5 Å². The summed E-state index contributed by atoms with van der Waals surface area (Å²) in [5, 5.41) is 33.7. The fourth-order valence-electron chi connectivity index (χ4n) is 8.45. The van der Waals surface area contributed by atoms with E-state index in [0.29, 0.717) is 28.1 Å². The zero-order valence-corrected chi connectivity index (χ0v) is 31.6. The Bertz CT molecular complexity index is 3620. The summed E-state index contributed by atoms with van der Waals surface area (Å²) in [5.41, 5.74) is 12.8. The molecule has 8 heteroatoms. The van der Waals surface area contributed by atoms with Gasteiger partial charge in [0.25, 0.3) is 0 Å². The molecule has 10 aromatic rings. The van der Waals surface area contributed by atoms with Crippen molar-refractivity contribution < 1.29 is 0 Å². The third-order valence-electron chi connectivity index (χ3n) is 11.1. The van der Waals surface area contributed by atoms with Crippen LogP contribution in [-0.4, -0.2) is 14.1 Å². The molecule has 0 aliphatic carbocycles. The number of aromatic nitrogens is 3. The van der Waals surface area contributed by atoms with Crippen LogP contribution in [0.15, 0.2) is 158 Å². The number of pyridine rings is 1. The number of para-hydroxylation sites is 2. The number of benzene rings is 7. The standard InChI is InChI=1S/C52H26N8/c1-56-39-23-38(24-40(27-39)57-2)36-13-15-50-45(26-36)41-7-3-5-9-47(41)59(50)49-14-11-32(28-53)22-44(49)43-17-18-58-31-52(43)60-48-10-6-4-8-42(48)46-25-35(12-16-51(46)60)37-20-33(29-54)19-34(21-37)30-55/h3-27,31H. The molecule has 0 N–H and O–H groups in total. The van der Waals surface area contributed by atoms with Gasteiger partial charge in [-0.15, -0.1) is 0 Å². The Morgan fingerprint density at radius 2 is 0.967 bits per heavy atom. The predicted octanol–water partition coefficient (Wildman–Crippen LogP) is 13.0. The normalized spacial score (nSPS) is 10.9. The van der Waals surface area contributed by atoms with E-state index >= 15 is 0 Å². The van der Waals surface area contributed by atoms with Gasteiger partial charge in [0.05, 0.1) is 87.7 Å². The van der Waals surface area contributed by atoms with Crippen LogP contribution in [-0.2, 0) is 0 Å². The smallest absolute Gasteiger partial charge is 0.177 e. The van der Waals surface area contributed by atoms with Gasteiger partial charge in [-0.2, -0.15) is 15.8 Å². The Balaban J connectivity index is 1.20. The first-order valence-electron chi connectivity index (χ1n) is 18.9. The van der Waals surface area contributed by atoms with Crippen LogP contribution < -0.4 is 0 Å². The first-order valence-corrected chi connectivity index (χ1v) is 18.9. The molecule has 7 aromatic carbocycles. The molecule has 10 rings (SSSR count). The van der Waals surface area contributed by atoms with Gasteiger partial charge in [-0.3, -0.25) is 4.98 Å². The third-order valence-corrected chi connectivity index (χ3v) is 11.1. The molecule has 0 aliphatic heterocycles. The summed E-state index contributed by atoms with van der Waals surface area (Å²) in [7, 11) is 0. The van der Waals surface area contributed by atoms with Crippen LogP contribution in [0.5, 0.6) is 0 Å². The van der Waals surface area contributed by atoms with Crippen LogP contribution in [0.3, 0.4) is 0 Å². The van der Waals surface area contributed by atoms with Gasteiger partial charge in [0, 0.05) is 38.9 Å². The molecule has 0 spiro atoms. The van der Waals surface area contributed by atoms with Gasteiger partial charge in [-0.25, -0.2) is 9.69 Å². The Labute approximate surface area is 344 Å². The summed E-state index contributed by atoms with van der Waals surface area (Å²) in [6.07, 6.45) is 3.63. The van der Waals surface area contributed by atoms with Crippen molar-refractivity contribution in [3.63, 3.8) is 0 Å². The molecule has 0 radical (unpaired) electrons. The van der Waals surface area contributed by atoms with Crippen LogP contribution in [0.4, 0.5) is 11.4 Å². The average Bonchev–Trinajstić information content (AvgIpc) is 3.82. The van der Waals surface area contributed by atoms with Crippen molar-refractivity contribution in [1.29, 1.82) is 15.8 Å². The lowest BCUT2D eigenvalue weighted by Crippen LogP contribution is -2.02. The van der Waals surface area contributed by atoms with Crippen LogP contribution >= 0.6 is 0 Å². The lowest BCUT2D eigenvalue weighted by molar-refractivity contribution is 1.13. The fourth-order valence-corrected chi connectivity index (χ4v) is 8.45. The maximum absolute atomic E-state index is 10.3. The number of hydrogen-bond acceptors (Lipinski definition) is 4. The zero-order chi connectivity index (χ0) is 40.9. The van der Waals surface area contributed by atoms with Crippen LogP contribution in [0.1, 0.15) is 16.7 Å². The maximum atomic E-state index is 10.3. The first kappa shape index (κ1) is 35.2. The quantitative estimate of drug-likeness (QED) is 0.163. The van der Waals surface area contributed by atoms with E-state index in [1.54, 1.807) is 30.5 Å². The first-order chi connectivity index (χ1) is 29.5. The average molecular weight is 763 g/mol. The van der Waals surface area contributed by atoms with Crippen molar-refractivity contribution >= 4 is 55.0 Å². The summed E-state index contributed by atoms with van der Waals surface area (Å²) in [6.45, 7) is 15.2. The molecular formula is C52H26N8. The third kappa shape index (κ3) is 5.61. The van der Waals surface area contributed by atoms with Crippen molar-refractivity contribution in [3.05, 3.63) is 198 Å². The molecule has 0 saturated carbocycles. The summed E-state index contributed by atoms with van der Waals surface area (Å²) in [5.74, 6) is 0. The molecule has 0 atom stereocenters. The molecule has 0 fully saturated rings. The summed E-state index contributed by atoms with van der Waals surface area (Å²) in [4.78, 5) is 11.9. The molecule has 0 saturated heterocycles. The molecule has 0 aliphatic rings. The largest absolute Gasteiger partial charge is 0.309 e. The van der Waals surface area contributed by atoms with Crippen molar-refractivity contribution in [1.82, 2.24) is 14.1 Å². The molecule has 0 amide bonds. The monoisotopic (exact) mass is 762 g/mol. The molecule has 3 heterocycles. The highest BCUT2D eigenvalue weighted by Gasteiger charge is 2.22. The van der Waals surface area contributed by atoms with Crippen LogP contribution in [0.2, 0.25) is 0 Å². The molecule has 0 unspecified atom stereocenters. The van der Waals surface area contributed by atoms with Crippen LogP contribution in [0, 0.1) is 47.1 Å². The minimum absolute atomic E-state index is 0.416. The molecule has 0 bridgehead atoms. The van der Waals surface area contributed by atoms with Gasteiger partial charge in [-0.05, 0) is 101 Å². The molecule has 274 valence electrons. The van der Waals surface area contributed by atoms with Gasteiger partial charge in [-0.1, -0.05) is 66.7 Å². The number of nitrogens with zero attached hydrogens (tertiary/aromatic N) is 8. The van der Waals surface area contributed by atoms with Gasteiger partial charge in [0.15, 0.2) is 11.4 Å². The van der Waals surface area contributed by atoms with Gasteiger partial charge in [0.1, 0.15) is 0 Å². The Kier molecular flexibility index (Phi) is 8.23. The van der Waals surface area contributed by atoms with E-state index in [0.717, 1.165) is 88.4 Å². The highest BCUT2D eigenvalue weighted by atomic mass is 15.0.